The Labute approximate surface area is 107 Å². The van der Waals surface area contributed by atoms with Gasteiger partial charge in [0.1, 0.15) is 0 Å². The Morgan fingerprint density at radius 2 is 1.83 bits per heavy atom. The fourth-order valence-electron chi connectivity index (χ4n) is 2.65. The predicted molar refractivity (Wildman–Crippen MR) is 73.5 cm³/mol. The Morgan fingerprint density at radius 1 is 1.22 bits per heavy atom. The molecule has 3 nitrogen and oxygen atoms in total. The summed E-state index contributed by atoms with van der Waals surface area (Å²) in [6.07, 6.45) is 0. The molecular weight excluding hydrogens is 226 g/mol. The standard InChI is InChI=1S/C15H19NO2/c1-8(2)16-11(5)10(4)13-6-9(3)12(15(17)18)7-14(13)16/h6-8H,1-5H3,(H,17,18). The van der Waals surface area contributed by atoms with Crippen molar-refractivity contribution in [3.8, 4) is 0 Å². The molecule has 0 bridgehead atoms. The van der Waals surface area contributed by atoms with Crippen LogP contribution in [0.25, 0.3) is 10.9 Å². The van der Waals surface area contributed by atoms with Gasteiger partial charge in [0, 0.05) is 22.6 Å². The van der Waals surface area contributed by atoms with Gasteiger partial charge in [0.05, 0.1) is 5.56 Å². The van der Waals surface area contributed by atoms with Crippen LogP contribution in [0.3, 0.4) is 0 Å². The molecule has 0 saturated carbocycles. The molecule has 0 aliphatic carbocycles. The van der Waals surface area contributed by atoms with Crippen LogP contribution in [0.5, 0.6) is 0 Å². The first-order valence-electron chi connectivity index (χ1n) is 6.19. The normalized spacial score (nSPS) is 11.4. The molecule has 0 aliphatic heterocycles. The van der Waals surface area contributed by atoms with Gasteiger partial charge >= 0.3 is 5.97 Å². The molecule has 0 saturated heterocycles. The van der Waals surface area contributed by atoms with Gasteiger partial charge in [0.2, 0.25) is 0 Å². The molecule has 2 rings (SSSR count). The number of carbonyl (C=O) groups is 1. The summed E-state index contributed by atoms with van der Waals surface area (Å²) in [7, 11) is 0. The molecule has 1 N–H and O–H groups in total. The average molecular weight is 245 g/mol. The largest absolute Gasteiger partial charge is 0.478 e. The van der Waals surface area contributed by atoms with E-state index in [0.29, 0.717) is 11.6 Å². The lowest BCUT2D eigenvalue weighted by Gasteiger charge is -2.13. The zero-order chi connectivity index (χ0) is 13.6. The van der Waals surface area contributed by atoms with Crippen LogP contribution in [-0.4, -0.2) is 15.6 Å². The fraction of sp³-hybridized carbons (Fsp3) is 0.400. The highest BCUT2D eigenvalue weighted by atomic mass is 16.4. The van der Waals surface area contributed by atoms with Crippen molar-refractivity contribution >= 4 is 16.9 Å². The zero-order valence-corrected chi connectivity index (χ0v) is 11.5. The summed E-state index contributed by atoms with van der Waals surface area (Å²) < 4.78 is 2.20. The minimum Gasteiger partial charge on any atom is -0.478 e. The Balaban J connectivity index is 2.90. The molecule has 1 aromatic heterocycles. The number of aromatic carboxylic acids is 1. The summed E-state index contributed by atoms with van der Waals surface area (Å²) in [6.45, 7) is 10.3. The Kier molecular flexibility index (Phi) is 2.93. The maximum absolute atomic E-state index is 11.2. The van der Waals surface area contributed by atoms with Crippen molar-refractivity contribution in [3.63, 3.8) is 0 Å². The van der Waals surface area contributed by atoms with Gasteiger partial charge in [-0.2, -0.15) is 0 Å². The molecule has 3 heteroatoms. The smallest absolute Gasteiger partial charge is 0.336 e. The van der Waals surface area contributed by atoms with Crippen LogP contribution in [0.15, 0.2) is 12.1 Å². The second-order valence-electron chi connectivity index (χ2n) is 5.16. The SMILES string of the molecule is Cc1cc2c(C)c(C)n(C(C)C)c2cc1C(=O)O. The van der Waals surface area contributed by atoms with E-state index in [-0.39, 0.29) is 0 Å². The van der Waals surface area contributed by atoms with E-state index in [0.717, 1.165) is 16.5 Å². The molecule has 96 valence electrons. The van der Waals surface area contributed by atoms with E-state index in [1.54, 1.807) is 6.07 Å². The van der Waals surface area contributed by atoms with Crippen molar-refractivity contribution in [2.75, 3.05) is 0 Å². The number of benzene rings is 1. The van der Waals surface area contributed by atoms with Crippen LogP contribution in [0.2, 0.25) is 0 Å². The van der Waals surface area contributed by atoms with Crippen LogP contribution in [0.4, 0.5) is 0 Å². The number of aromatic nitrogens is 1. The lowest BCUT2D eigenvalue weighted by Crippen LogP contribution is -2.04. The van der Waals surface area contributed by atoms with E-state index in [9.17, 15) is 9.90 Å². The van der Waals surface area contributed by atoms with Crippen molar-refractivity contribution in [1.29, 1.82) is 0 Å². The number of fused-ring (bicyclic) bond motifs is 1. The molecule has 18 heavy (non-hydrogen) atoms. The molecule has 0 amide bonds. The van der Waals surface area contributed by atoms with Crippen LogP contribution in [0, 0.1) is 20.8 Å². The number of carboxylic acid groups (broad SMARTS) is 1. The first-order valence-corrected chi connectivity index (χ1v) is 6.19. The minimum atomic E-state index is -0.860. The molecule has 0 radical (unpaired) electrons. The Morgan fingerprint density at radius 3 is 2.33 bits per heavy atom. The predicted octanol–water partition coefficient (Wildman–Crippen LogP) is 3.85. The van der Waals surface area contributed by atoms with E-state index < -0.39 is 5.97 Å². The topological polar surface area (TPSA) is 42.2 Å². The number of carboxylic acids is 1. The van der Waals surface area contributed by atoms with E-state index in [1.165, 1.54) is 11.3 Å². The monoisotopic (exact) mass is 245 g/mol. The molecular formula is C15H19NO2. The third-order valence-electron chi connectivity index (χ3n) is 3.66. The maximum Gasteiger partial charge on any atom is 0.336 e. The number of nitrogens with zero attached hydrogens (tertiary/aromatic N) is 1. The molecule has 1 aromatic carbocycles. The van der Waals surface area contributed by atoms with Gasteiger partial charge in [-0.1, -0.05) is 0 Å². The van der Waals surface area contributed by atoms with Gasteiger partial charge in [-0.15, -0.1) is 0 Å². The summed E-state index contributed by atoms with van der Waals surface area (Å²) >= 11 is 0. The maximum atomic E-state index is 11.2. The number of hydrogen-bond donors (Lipinski definition) is 1. The van der Waals surface area contributed by atoms with Crippen molar-refractivity contribution in [2.24, 2.45) is 0 Å². The van der Waals surface area contributed by atoms with Crippen LogP contribution < -0.4 is 0 Å². The fourth-order valence-corrected chi connectivity index (χ4v) is 2.65. The molecule has 1 heterocycles. The molecule has 0 atom stereocenters. The molecule has 0 aliphatic rings. The third-order valence-corrected chi connectivity index (χ3v) is 3.66. The van der Waals surface area contributed by atoms with E-state index in [4.69, 9.17) is 0 Å². The summed E-state index contributed by atoms with van der Waals surface area (Å²) in [6, 6.07) is 4.11. The van der Waals surface area contributed by atoms with E-state index >= 15 is 0 Å². The number of rotatable bonds is 2. The van der Waals surface area contributed by atoms with Crippen LogP contribution in [-0.2, 0) is 0 Å². The molecule has 2 aromatic rings. The van der Waals surface area contributed by atoms with E-state index in [1.807, 2.05) is 13.0 Å². The molecule has 0 spiro atoms. The highest BCUT2D eigenvalue weighted by Gasteiger charge is 2.16. The van der Waals surface area contributed by atoms with Gasteiger partial charge < -0.3 is 9.67 Å². The molecule has 0 unspecified atom stereocenters. The first-order chi connectivity index (χ1) is 8.34. The van der Waals surface area contributed by atoms with Gasteiger partial charge in [0.25, 0.3) is 0 Å². The summed E-state index contributed by atoms with van der Waals surface area (Å²) in [4.78, 5) is 11.2. The average Bonchev–Trinajstić information content (AvgIpc) is 2.51. The third kappa shape index (κ3) is 1.70. The number of aryl methyl sites for hydroxylation is 2. The van der Waals surface area contributed by atoms with Crippen molar-refractivity contribution in [1.82, 2.24) is 4.57 Å². The number of hydrogen-bond acceptors (Lipinski definition) is 1. The van der Waals surface area contributed by atoms with E-state index in [2.05, 4.69) is 32.3 Å². The Bertz CT molecular complexity index is 636. The van der Waals surface area contributed by atoms with Gasteiger partial charge in [-0.3, -0.25) is 0 Å². The Hall–Kier alpha value is -1.77. The second-order valence-corrected chi connectivity index (χ2v) is 5.16. The highest BCUT2D eigenvalue weighted by molar-refractivity contribution is 5.96. The van der Waals surface area contributed by atoms with Gasteiger partial charge in [-0.25, -0.2) is 4.79 Å². The van der Waals surface area contributed by atoms with Crippen molar-refractivity contribution in [2.45, 2.75) is 40.7 Å². The minimum absolute atomic E-state index is 0.325. The first kappa shape index (κ1) is 12.7. The van der Waals surface area contributed by atoms with Crippen LogP contribution >= 0.6 is 0 Å². The van der Waals surface area contributed by atoms with Crippen molar-refractivity contribution < 1.29 is 9.90 Å². The quantitative estimate of drug-likeness (QED) is 0.873. The second kappa shape index (κ2) is 4.16. The lowest BCUT2D eigenvalue weighted by molar-refractivity contribution is 0.0696. The van der Waals surface area contributed by atoms with Crippen molar-refractivity contribution in [3.05, 3.63) is 34.5 Å². The zero-order valence-electron chi connectivity index (χ0n) is 11.5. The van der Waals surface area contributed by atoms with Gasteiger partial charge in [-0.05, 0) is 57.9 Å². The van der Waals surface area contributed by atoms with Gasteiger partial charge in [0.15, 0.2) is 0 Å². The summed E-state index contributed by atoms with van der Waals surface area (Å²) in [5.74, 6) is -0.860. The summed E-state index contributed by atoms with van der Waals surface area (Å²) in [5.41, 5.74) is 4.67. The molecule has 0 fully saturated rings. The van der Waals surface area contributed by atoms with Crippen LogP contribution in [0.1, 0.15) is 47.1 Å². The lowest BCUT2D eigenvalue weighted by atomic mass is 10.0. The summed E-state index contributed by atoms with van der Waals surface area (Å²) in [5, 5.41) is 10.4. The highest BCUT2D eigenvalue weighted by Crippen LogP contribution is 2.30.